The maximum Gasteiger partial charge on any atom is 0.351 e. The summed E-state index contributed by atoms with van der Waals surface area (Å²) in [4.78, 5) is 35.5. The summed E-state index contributed by atoms with van der Waals surface area (Å²) in [5, 5.41) is 12.1. The van der Waals surface area contributed by atoms with Gasteiger partial charge in [0, 0.05) is 12.5 Å². The Morgan fingerprint density at radius 3 is 2.67 bits per heavy atom. The van der Waals surface area contributed by atoms with Crippen LogP contribution in [0.2, 0.25) is 0 Å². The molecule has 2 aromatic rings. The third-order valence-electron chi connectivity index (χ3n) is 3.75. The summed E-state index contributed by atoms with van der Waals surface area (Å²) in [6.07, 6.45) is -0.970. The summed E-state index contributed by atoms with van der Waals surface area (Å²) in [6, 6.07) is 10.9. The van der Waals surface area contributed by atoms with Gasteiger partial charge in [-0.15, -0.1) is 0 Å². The van der Waals surface area contributed by atoms with Crippen molar-refractivity contribution in [1.29, 1.82) is 0 Å². The highest BCUT2D eigenvalue weighted by Gasteiger charge is 2.29. The van der Waals surface area contributed by atoms with Crippen molar-refractivity contribution < 1.29 is 33.7 Å². The fourth-order valence-corrected chi connectivity index (χ4v) is 2.45. The van der Waals surface area contributed by atoms with Crippen LogP contribution in [-0.2, 0) is 14.3 Å². The van der Waals surface area contributed by atoms with Crippen molar-refractivity contribution in [3.63, 3.8) is 0 Å². The van der Waals surface area contributed by atoms with Gasteiger partial charge in [0.25, 0.3) is 0 Å². The van der Waals surface area contributed by atoms with E-state index in [4.69, 9.17) is 14.2 Å². The Morgan fingerprint density at radius 2 is 1.93 bits per heavy atom. The van der Waals surface area contributed by atoms with Gasteiger partial charge >= 0.3 is 5.97 Å². The van der Waals surface area contributed by atoms with E-state index in [-0.39, 0.29) is 23.6 Å². The number of aromatic hydroxyl groups is 1. The molecule has 0 radical (unpaired) electrons. The molecule has 0 aromatic heterocycles. The van der Waals surface area contributed by atoms with E-state index < -0.39 is 30.4 Å². The second-order valence-electron chi connectivity index (χ2n) is 5.81. The fourth-order valence-electron chi connectivity index (χ4n) is 2.45. The minimum Gasteiger partial charge on any atom is -0.506 e. The van der Waals surface area contributed by atoms with Crippen molar-refractivity contribution in [2.75, 3.05) is 18.5 Å². The largest absolute Gasteiger partial charge is 0.506 e. The van der Waals surface area contributed by atoms with Crippen molar-refractivity contribution in [2.24, 2.45) is 0 Å². The smallest absolute Gasteiger partial charge is 0.351 e. The van der Waals surface area contributed by atoms with Gasteiger partial charge in [-0.2, -0.15) is 0 Å². The molecule has 2 aromatic carbocycles. The van der Waals surface area contributed by atoms with Gasteiger partial charge in [-0.05, 0) is 30.3 Å². The number of hydrogen-bond acceptors (Lipinski definition) is 7. The number of nitrogens with one attached hydrogen (secondary N) is 1. The van der Waals surface area contributed by atoms with E-state index in [1.807, 2.05) is 0 Å². The summed E-state index contributed by atoms with van der Waals surface area (Å²) in [6.45, 7) is 0.751. The Morgan fingerprint density at radius 1 is 1.19 bits per heavy atom. The lowest BCUT2D eigenvalue weighted by Gasteiger charge is -2.24. The van der Waals surface area contributed by atoms with Gasteiger partial charge in [0.2, 0.25) is 12.0 Å². The van der Waals surface area contributed by atoms with E-state index in [1.165, 1.54) is 25.1 Å². The van der Waals surface area contributed by atoms with Crippen LogP contribution in [0.1, 0.15) is 17.3 Å². The summed E-state index contributed by atoms with van der Waals surface area (Å²) in [7, 11) is 0. The van der Waals surface area contributed by atoms with Gasteiger partial charge in [0.05, 0.1) is 5.69 Å². The average Bonchev–Trinajstić information content (AvgIpc) is 2.66. The third-order valence-corrected chi connectivity index (χ3v) is 3.75. The van der Waals surface area contributed by atoms with Crippen LogP contribution in [0.25, 0.3) is 0 Å². The molecule has 1 aliphatic heterocycles. The van der Waals surface area contributed by atoms with E-state index in [0.717, 1.165) is 0 Å². The molecular formula is C19H17NO7. The van der Waals surface area contributed by atoms with Crippen LogP contribution in [0.4, 0.5) is 5.69 Å². The predicted molar refractivity (Wildman–Crippen MR) is 94.1 cm³/mol. The minimum atomic E-state index is -0.970. The number of carbonyl (C=O) groups is 3. The lowest BCUT2D eigenvalue weighted by molar-refractivity contribution is -0.153. The standard InChI is InChI=1S/C19H17NO7/c1-11(21)20-13-8-12(6-7-14(13)22)15(23)9-26-19(24)18-10-25-16-4-2-3-5-17(16)27-18/h2-8,18,22H,9-10H2,1H3,(H,20,21). The first-order valence-corrected chi connectivity index (χ1v) is 8.13. The third kappa shape index (κ3) is 4.35. The normalized spacial score (nSPS) is 14.9. The van der Waals surface area contributed by atoms with Crippen LogP contribution in [0.3, 0.4) is 0 Å². The number of phenols is 1. The maximum atomic E-state index is 12.2. The first-order valence-electron chi connectivity index (χ1n) is 8.13. The molecule has 1 aliphatic rings. The monoisotopic (exact) mass is 371 g/mol. The number of carbonyl (C=O) groups excluding carboxylic acids is 3. The fraction of sp³-hybridized carbons (Fsp3) is 0.211. The zero-order valence-corrected chi connectivity index (χ0v) is 14.4. The topological polar surface area (TPSA) is 111 Å². The lowest BCUT2D eigenvalue weighted by atomic mass is 10.1. The molecule has 140 valence electrons. The number of anilines is 1. The molecule has 0 spiro atoms. The number of hydrogen-bond donors (Lipinski definition) is 2. The Kier molecular flexibility index (Phi) is 5.25. The number of esters is 1. The summed E-state index contributed by atoms with van der Waals surface area (Å²) >= 11 is 0. The maximum absolute atomic E-state index is 12.2. The van der Waals surface area contributed by atoms with Crippen LogP contribution in [0, 0.1) is 0 Å². The Balaban J connectivity index is 1.59. The van der Waals surface area contributed by atoms with E-state index in [9.17, 15) is 19.5 Å². The molecule has 0 bridgehead atoms. The number of para-hydroxylation sites is 2. The quantitative estimate of drug-likeness (QED) is 0.469. The van der Waals surface area contributed by atoms with E-state index >= 15 is 0 Å². The number of benzene rings is 2. The molecule has 8 nitrogen and oxygen atoms in total. The number of phenolic OH excluding ortho intramolecular Hbond substituents is 1. The predicted octanol–water partition coefficient (Wildman–Crippen LogP) is 1.92. The van der Waals surface area contributed by atoms with Crippen LogP contribution in [0.15, 0.2) is 42.5 Å². The molecule has 1 heterocycles. The molecule has 27 heavy (non-hydrogen) atoms. The molecule has 1 amide bonds. The minimum absolute atomic E-state index is 0.0179. The number of rotatable bonds is 5. The zero-order valence-electron chi connectivity index (χ0n) is 14.4. The highest BCUT2D eigenvalue weighted by Crippen LogP contribution is 2.31. The molecule has 3 rings (SSSR count). The summed E-state index contributed by atoms with van der Waals surface area (Å²) in [5.74, 6) is -0.824. The summed E-state index contributed by atoms with van der Waals surface area (Å²) < 4.78 is 16.0. The Labute approximate surface area is 154 Å². The van der Waals surface area contributed by atoms with Gasteiger partial charge in [-0.1, -0.05) is 12.1 Å². The van der Waals surface area contributed by atoms with Crippen molar-refractivity contribution >= 4 is 23.3 Å². The van der Waals surface area contributed by atoms with Crippen LogP contribution < -0.4 is 14.8 Å². The van der Waals surface area contributed by atoms with Crippen molar-refractivity contribution in [3.8, 4) is 17.2 Å². The van der Waals surface area contributed by atoms with E-state index in [2.05, 4.69) is 5.32 Å². The second kappa shape index (κ2) is 7.77. The van der Waals surface area contributed by atoms with Gasteiger partial charge in [0.15, 0.2) is 23.9 Å². The first kappa shape index (κ1) is 18.2. The van der Waals surface area contributed by atoms with E-state index in [0.29, 0.717) is 11.5 Å². The molecule has 0 aliphatic carbocycles. The molecule has 2 N–H and O–H groups in total. The number of fused-ring (bicyclic) bond motifs is 1. The zero-order chi connectivity index (χ0) is 19.4. The molecule has 8 heteroatoms. The molecule has 0 saturated carbocycles. The number of Topliss-reactive ketones (excluding diaryl/α,β-unsaturated/α-hetero) is 1. The van der Waals surface area contributed by atoms with E-state index in [1.54, 1.807) is 24.3 Å². The number of amides is 1. The van der Waals surface area contributed by atoms with Gasteiger partial charge in [0.1, 0.15) is 12.4 Å². The SMILES string of the molecule is CC(=O)Nc1cc(C(=O)COC(=O)C2COc3ccccc3O2)ccc1O. The number of ether oxygens (including phenoxy) is 3. The Hall–Kier alpha value is -3.55. The Bertz CT molecular complexity index is 893. The molecule has 0 fully saturated rings. The van der Waals surface area contributed by atoms with Gasteiger partial charge < -0.3 is 24.6 Å². The van der Waals surface area contributed by atoms with Crippen molar-refractivity contribution in [3.05, 3.63) is 48.0 Å². The average molecular weight is 371 g/mol. The first-order chi connectivity index (χ1) is 12.9. The van der Waals surface area contributed by atoms with Crippen LogP contribution in [0.5, 0.6) is 17.2 Å². The highest BCUT2D eigenvalue weighted by molar-refractivity contribution is 6.00. The molecule has 1 unspecified atom stereocenters. The second-order valence-corrected chi connectivity index (χ2v) is 5.81. The molecule has 0 saturated heterocycles. The highest BCUT2D eigenvalue weighted by atomic mass is 16.6. The van der Waals surface area contributed by atoms with Crippen molar-refractivity contribution in [2.45, 2.75) is 13.0 Å². The van der Waals surface area contributed by atoms with Crippen molar-refractivity contribution in [1.82, 2.24) is 0 Å². The summed E-state index contributed by atoms with van der Waals surface area (Å²) in [5.41, 5.74) is 0.274. The van der Waals surface area contributed by atoms with Crippen LogP contribution >= 0.6 is 0 Å². The molecule has 1 atom stereocenters. The van der Waals surface area contributed by atoms with Gasteiger partial charge in [-0.3, -0.25) is 9.59 Å². The molecular weight excluding hydrogens is 354 g/mol. The lowest BCUT2D eigenvalue weighted by Crippen LogP contribution is -2.38. The van der Waals surface area contributed by atoms with Crippen LogP contribution in [-0.4, -0.2) is 42.1 Å². The number of ketones is 1. The van der Waals surface area contributed by atoms with Gasteiger partial charge in [-0.25, -0.2) is 4.79 Å².